The van der Waals surface area contributed by atoms with E-state index in [-0.39, 0.29) is 11.8 Å². The van der Waals surface area contributed by atoms with Gasteiger partial charge in [0.1, 0.15) is 5.75 Å². The summed E-state index contributed by atoms with van der Waals surface area (Å²) in [4.78, 5) is 20.0. The second-order valence-electron chi connectivity index (χ2n) is 8.63. The van der Waals surface area contributed by atoms with E-state index in [1.54, 1.807) is 18.4 Å². The highest BCUT2D eigenvalue weighted by atomic mass is 32.1. The van der Waals surface area contributed by atoms with Crippen LogP contribution < -0.4 is 10.1 Å². The van der Waals surface area contributed by atoms with Gasteiger partial charge >= 0.3 is 0 Å². The Balaban J connectivity index is 1.33. The monoisotopic (exact) mass is 459 g/mol. The van der Waals surface area contributed by atoms with E-state index in [9.17, 15) is 4.79 Å². The molecule has 1 unspecified atom stereocenters. The molecule has 2 aromatic heterocycles. The number of ether oxygens (including phenoxy) is 1. The Hall–Kier alpha value is -3.09. The summed E-state index contributed by atoms with van der Waals surface area (Å²) in [5, 5.41) is 6.52. The number of rotatable bonds is 10. The number of methoxy groups -OCH3 is 1. The maximum Gasteiger partial charge on any atom is 0.234 e. The maximum atomic E-state index is 13.0. The number of thiophene rings is 1. The van der Waals surface area contributed by atoms with Gasteiger partial charge in [0.25, 0.3) is 0 Å². The molecule has 2 N–H and O–H groups in total. The Morgan fingerprint density at radius 1 is 1.15 bits per heavy atom. The van der Waals surface area contributed by atoms with Gasteiger partial charge < -0.3 is 15.0 Å². The summed E-state index contributed by atoms with van der Waals surface area (Å²) in [6.45, 7) is 1.83. The predicted molar refractivity (Wildman–Crippen MR) is 134 cm³/mol. The lowest BCUT2D eigenvalue weighted by Gasteiger charge is -2.22. The molecule has 1 amide bonds. The van der Waals surface area contributed by atoms with Gasteiger partial charge in [-0.2, -0.15) is 0 Å². The fraction of sp³-hybridized carbons (Fsp3) is 0.296. The van der Waals surface area contributed by atoms with Crippen LogP contribution in [0.25, 0.3) is 10.9 Å². The van der Waals surface area contributed by atoms with Crippen LogP contribution in [0.4, 0.5) is 0 Å². The second-order valence-corrected chi connectivity index (χ2v) is 9.67. The molecule has 33 heavy (non-hydrogen) atoms. The van der Waals surface area contributed by atoms with Crippen molar-refractivity contribution in [2.75, 3.05) is 20.2 Å². The summed E-state index contributed by atoms with van der Waals surface area (Å²) in [5.41, 5.74) is 3.44. The van der Waals surface area contributed by atoms with Crippen molar-refractivity contribution in [3.05, 3.63) is 88.2 Å². The summed E-state index contributed by atoms with van der Waals surface area (Å²) < 4.78 is 5.34. The third kappa shape index (κ3) is 5.13. The van der Waals surface area contributed by atoms with Crippen molar-refractivity contribution in [2.24, 2.45) is 0 Å². The fourth-order valence-corrected chi connectivity index (χ4v) is 5.17. The topological polar surface area (TPSA) is 57.4 Å². The van der Waals surface area contributed by atoms with Gasteiger partial charge in [-0.05, 0) is 53.6 Å². The van der Waals surface area contributed by atoms with Crippen molar-refractivity contribution < 1.29 is 9.53 Å². The van der Waals surface area contributed by atoms with E-state index in [1.807, 2.05) is 18.2 Å². The Labute approximate surface area is 198 Å². The van der Waals surface area contributed by atoms with Crippen LogP contribution in [-0.2, 0) is 11.3 Å². The van der Waals surface area contributed by atoms with Crippen molar-refractivity contribution in [1.29, 1.82) is 0 Å². The number of aromatic amines is 1. The standard InChI is InChI=1S/C27H29N3O2S/c1-32-21-12-8-19(9-13-21)24(25-16-28-26-7-3-2-6-23(25)26)15-29-27(31)18-30(20-10-11-20)17-22-5-4-14-33-22/h2-9,12-14,16,20,24,28H,10-11,15,17-18H2,1H3,(H,29,31). The van der Waals surface area contributed by atoms with E-state index in [0.717, 1.165) is 23.4 Å². The number of amides is 1. The van der Waals surface area contributed by atoms with Crippen LogP contribution >= 0.6 is 11.3 Å². The molecule has 170 valence electrons. The summed E-state index contributed by atoms with van der Waals surface area (Å²) >= 11 is 1.75. The van der Waals surface area contributed by atoms with Crippen LogP contribution in [0.1, 0.15) is 34.8 Å². The molecule has 1 fully saturated rings. The molecule has 0 aliphatic heterocycles. The maximum absolute atomic E-state index is 13.0. The fourth-order valence-electron chi connectivity index (χ4n) is 4.44. The number of benzene rings is 2. The molecule has 6 heteroatoms. The zero-order valence-electron chi connectivity index (χ0n) is 18.8. The minimum atomic E-state index is 0.0441. The average molecular weight is 460 g/mol. The number of nitrogens with one attached hydrogen (secondary N) is 2. The molecular weight excluding hydrogens is 430 g/mol. The van der Waals surface area contributed by atoms with Crippen LogP contribution in [0.2, 0.25) is 0 Å². The number of nitrogens with zero attached hydrogens (tertiary/aromatic N) is 1. The number of aromatic nitrogens is 1. The minimum Gasteiger partial charge on any atom is -0.497 e. The van der Waals surface area contributed by atoms with Gasteiger partial charge in [0.05, 0.1) is 13.7 Å². The largest absolute Gasteiger partial charge is 0.497 e. The predicted octanol–water partition coefficient (Wildman–Crippen LogP) is 5.15. The minimum absolute atomic E-state index is 0.0441. The summed E-state index contributed by atoms with van der Waals surface area (Å²) in [6.07, 6.45) is 4.43. The van der Waals surface area contributed by atoms with E-state index in [4.69, 9.17) is 4.74 Å². The highest BCUT2D eigenvalue weighted by molar-refractivity contribution is 7.09. The molecule has 2 heterocycles. The van der Waals surface area contributed by atoms with E-state index >= 15 is 0 Å². The number of hydrogen-bond donors (Lipinski definition) is 2. The first-order chi connectivity index (χ1) is 16.2. The molecule has 0 radical (unpaired) electrons. The van der Waals surface area contributed by atoms with Crippen LogP contribution in [0.15, 0.2) is 72.2 Å². The van der Waals surface area contributed by atoms with Gasteiger partial charge in [0.15, 0.2) is 0 Å². The lowest BCUT2D eigenvalue weighted by atomic mass is 9.90. The van der Waals surface area contributed by atoms with Crippen LogP contribution in [-0.4, -0.2) is 42.0 Å². The molecule has 1 aliphatic rings. The lowest BCUT2D eigenvalue weighted by Crippen LogP contribution is -2.39. The van der Waals surface area contributed by atoms with Gasteiger partial charge in [0.2, 0.25) is 5.91 Å². The Kier molecular flexibility index (Phi) is 6.46. The molecule has 0 bridgehead atoms. The van der Waals surface area contributed by atoms with Crippen molar-refractivity contribution in [3.63, 3.8) is 0 Å². The third-order valence-electron chi connectivity index (χ3n) is 6.37. The Morgan fingerprint density at radius 2 is 1.97 bits per heavy atom. The van der Waals surface area contributed by atoms with Crippen molar-refractivity contribution in [2.45, 2.75) is 31.3 Å². The van der Waals surface area contributed by atoms with Gasteiger partial charge in [-0.1, -0.05) is 36.4 Å². The van der Waals surface area contributed by atoms with Crippen LogP contribution in [0.5, 0.6) is 5.75 Å². The molecule has 5 nitrogen and oxygen atoms in total. The number of para-hydroxylation sites is 1. The third-order valence-corrected chi connectivity index (χ3v) is 7.23. The van der Waals surface area contributed by atoms with Crippen LogP contribution in [0, 0.1) is 0 Å². The van der Waals surface area contributed by atoms with Crippen molar-refractivity contribution in [3.8, 4) is 5.75 Å². The summed E-state index contributed by atoms with van der Waals surface area (Å²) in [7, 11) is 1.67. The number of carbonyl (C=O) groups is 1. The number of H-pyrrole nitrogens is 1. The molecule has 0 saturated heterocycles. The van der Waals surface area contributed by atoms with E-state index in [1.165, 1.54) is 28.7 Å². The first kappa shape index (κ1) is 21.7. The zero-order valence-corrected chi connectivity index (χ0v) is 19.6. The smallest absolute Gasteiger partial charge is 0.234 e. The Bertz CT molecular complexity index is 1200. The van der Waals surface area contributed by atoms with Crippen LogP contribution in [0.3, 0.4) is 0 Å². The average Bonchev–Trinajstić information content (AvgIpc) is 3.41. The summed E-state index contributed by atoms with van der Waals surface area (Å²) in [5.74, 6) is 0.952. The Morgan fingerprint density at radius 3 is 2.70 bits per heavy atom. The lowest BCUT2D eigenvalue weighted by molar-refractivity contribution is -0.122. The molecule has 0 spiro atoms. The molecule has 5 rings (SSSR count). The molecule has 1 atom stereocenters. The summed E-state index contributed by atoms with van der Waals surface area (Å²) in [6, 6.07) is 21.2. The van der Waals surface area contributed by atoms with Gasteiger partial charge in [-0.25, -0.2) is 0 Å². The second kappa shape index (κ2) is 9.81. The van der Waals surface area contributed by atoms with Gasteiger partial charge in [-0.15, -0.1) is 11.3 Å². The molecule has 2 aromatic carbocycles. The molecule has 4 aromatic rings. The molecule has 1 saturated carbocycles. The molecular formula is C27H29N3O2S. The van der Waals surface area contributed by atoms with Crippen molar-refractivity contribution >= 4 is 28.1 Å². The van der Waals surface area contributed by atoms with E-state index in [0.29, 0.717) is 19.1 Å². The van der Waals surface area contributed by atoms with E-state index < -0.39 is 0 Å². The zero-order chi connectivity index (χ0) is 22.6. The highest BCUT2D eigenvalue weighted by Crippen LogP contribution is 2.32. The number of hydrogen-bond acceptors (Lipinski definition) is 4. The van der Waals surface area contributed by atoms with Gasteiger partial charge in [0, 0.05) is 47.0 Å². The normalized spacial score (nSPS) is 14.5. The number of fused-ring (bicyclic) bond motifs is 1. The van der Waals surface area contributed by atoms with Gasteiger partial charge in [-0.3, -0.25) is 9.69 Å². The number of carbonyl (C=O) groups excluding carboxylic acids is 1. The molecule has 1 aliphatic carbocycles. The van der Waals surface area contributed by atoms with E-state index in [2.05, 4.69) is 69.2 Å². The SMILES string of the molecule is COc1ccc(C(CNC(=O)CN(Cc2cccs2)C2CC2)c2c[nH]c3ccccc23)cc1. The first-order valence-corrected chi connectivity index (χ1v) is 12.3. The van der Waals surface area contributed by atoms with Crippen molar-refractivity contribution in [1.82, 2.24) is 15.2 Å². The highest BCUT2D eigenvalue weighted by Gasteiger charge is 2.30. The quantitative estimate of drug-likeness (QED) is 0.345. The first-order valence-electron chi connectivity index (χ1n) is 11.4.